The Morgan fingerprint density at radius 1 is 1.09 bits per heavy atom. The number of nitrogens with zero attached hydrogens (tertiary/aromatic N) is 2. The molecule has 0 atom stereocenters. The van der Waals surface area contributed by atoms with E-state index in [2.05, 4.69) is 16.0 Å². The van der Waals surface area contributed by atoms with Crippen LogP contribution >= 0.6 is 0 Å². The van der Waals surface area contributed by atoms with Gasteiger partial charge in [0.15, 0.2) is 0 Å². The molecule has 0 aliphatic carbocycles. The molecule has 0 saturated heterocycles. The normalized spacial score (nSPS) is 11.5. The number of allylic oxidation sites excluding steroid dienone is 1. The second-order valence-electron chi connectivity index (χ2n) is 8.27. The lowest BCUT2D eigenvalue weighted by Crippen LogP contribution is -2.00. The van der Waals surface area contributed by atoms with Gasteiger partial charge in [0.2, 0.25) is 0 Å². The minimum absolute atomic E-state index is 0.225. The van der Waals surface area contributed by atoms with Crippen LogP contribution in [0.5, 0.6) is 5.75 Å². The van der Waals surface area contributed by atoms with E-state index in [1.54, 1.807) is 30.3 Å². The summed E-state index contributed by atoms with van der Waals surface area (Å²) in [4.78, 5) is 19.0. The van der Waals surface area contributed by atoms with E-state index in [1.165, 1.54) is 0 Å². The number of aromatic carboxylic acids is 1. The number of nitriles is 1. The van der Waals surface area contributed by atoms with Crippen LogP contribution in [-0.4, -0.2) is 21.0 Å². The number of imidazole rings is 1. The zero-order valence-corrected chi connectivity index (χ0v) is 18.9. The molecule has 0 spiro atoms. The number of carbonyl (C=O) groups is 1. The van der Waals surface area contributed by atoms with Gasteiger partial charge in [0, 0.05) is 5.56 Å². The molecule has 0 aliphatic rings. The summed E-state index contributed by atoms with van der Waals surface area (Å²) in [5.41, 5.74) is 5.01. The van der Waals surface area contributed by atoms with Crippen molar-refractivity contribution in [3.05, 3.63) is 107 Å². The first-order chi connectivity index (χ1) is 17.0. The molecule has 6 nitrogen and oxygen atoms in total. The lowest BCUT2D eigenvalue weighted by Gasteiger charge is -2.13. The lowest BCUT2D eigenvalue weighted by molar-refractivity contribution is 0.0697. The van der Waals surface area contributed by atoms with Gasteiger partial charge < -0.3 is 14.8 Å². The first kappa shape index (κ1) is 21.9. The van der Waals surface area contributed by atoms with Gasteiger partial charge in [-0.3, -0.25) is 0 Å². The third-order valence-electron chi connectivity index (χ3n) is 5.83. The maximum Gasteiger partial charge on any atom is 0.335 e. The molecular formula is C29H21N3O3. The number of aryl methyl sites for hydroxylation is 1. The van der Waals surface area contributed by atoms with Crippen LogP contribution in [0.2, 0.25) is 0 Å². The number of carboxylic acid groups (broad SMARTS) is 1. The Morgan fingerprint density at radius 2 is 1.89 bits per heavy atom. The van der Waals surface area contributed by atoms with E-state index in [4.69, 9.17) is 9.84 Å². The first-order valence-electron chi connectivity index (χ1n) is 11.1. The highest BCUT2D eigenvalue weighted by Gasteiger charge is 2.13. The first-order valence-corrected chi connectivity index (χ1v) is 11.1. The number of carboxylic acids is 1. The average molecular weight is 460 g/mol. The fourth-order valence-electron chi connectivity index (χ4n) is 4.00. The largest absolute Gasteiger partial charge is 0.488 e. The number of fused-ring (bicyclic) bond motifs is 2. The number of aromatic nitrogens is 2. The molecule has 0 amide bonds. The van der Waals surface area contributed by atoms with Crippen LogP contribution in [0.15, 0.2) is 78.9 Å². The fraction of sp³-hybridized carbons (Fsp3) is 0.0690. The van der Waals surface area contributed by atoms with Crippen molar-refractivity contribution in [1.29, 1.82) is 5.26 Å². The van der Waals surface area contributed by atoms with Gasteiger partial charge in [0.1, 0.15) is 24.3 Å². The standard InChI is InChI=1S/C29H21N3O3/c1-18-6-12-25-26(14-18)32-28(31-25)22(16-30)15-24-23-5-3-2-4-20(23)11-13-27(24)35-17-19-7-9-21(10-8-19)29(33)34/h2-15H,17H2,1H3,(H,31,32)(H,33,34). The van der Waals surface area contributed by atoms with Crippen LogP contribution < -0.4 is 4.74 Å². The summed E-state index contributed by atoms with van der Waals surface area (Å²) in [6, 6.07) is 26.6. The monoisotopic (exact) mass is 459 g/mol. The number of rotatable bonds is 6. The molecule has 6 heteroatoms. The second kappa shape index (κ2) is 9.16. The molecule has 0 unspecified atom stereocenters. The highest BCUT2D eigenvalue weighted by Crippen LogP contribution is 2.32. The molecule has 5 rings (SSSR count). The Hall–Kier alpha value is -4.89. The van der Waals surface area contributed by atoms with Crippen LogP contribution in [0.4, 0.5) is 0 Å². The third kappa shape index (κ3) is 4.48. The number of hydrogen-bond donors (Lipinski definition) is 2. The maximum absolute atomic E-state index is 11.1. The molecule has 2 N–H and O–H groups in total. The molecule has 5 aromatic rings. The van der Waals surface area contributed by atoms with Crippen molar-refractivity contribution >= 4 is 39.4 Å². The topological polar surface area (TPSA) is 99.0 Å². The summed E-state index contributed by atoms with van der Waals surface area (Å²) in [6.45, 7) is 2.26. The lowest BCUT2D eigenvalue weighted by atomic mass is 10.0. The summed E-state index contributed by atoms with van der Waals surface area (Å²) in [7, 11) is 0. The highest BCUT2D eigenvalue weighted by atomic mass is 16.5. The molecular weight excluding hydrogens is 438 g/mol. The zero-order chi connectivity index (χ0) is 24.4. The number of H-pyrrole nitrogens is 1. The van der Waals surface area contributed by atoms with Crippen molar-refractivity contribution in [2.45, 2.75) is 13.5 Å². The van der Waals surface area contributed by atoms with Crippen molar-refractivity contribution in [3.63, 3.8) is 0 Å². The van der Waals surface area contributed by atoms with E-state index >= 15 is 0 Å². The molecule has 170 valence electrons. The molecule has 1 heterocycles. The summed E-state index contributed by atoms with van der Waals surface area (Å²) < 4.78 is 6.16. The highest BCUT2D eigenvalue weighted by molar-refractivity contribution is 6.00. The van der Waals surface area contributed by atoms with E-state index < -0.39 is 5.97 Å². The van der Waals surface area contributed by atoms with Gasteiger partial charge in [0.05, 0.1) is 22.2 Å². The molecule has 0 radical (unpaired) electrons. The van der Waals surface area contributed by atoms with Gasteiger partial charge in [-0.25, -0.2) is 9.78 Å². The molecule has 1 aromatic heterocycles. The Morgan fingerprint density at radius 3 is 2.66 bits per heavy atom. The number of hydrogen-bond acceptors (Lipinski definition) is 4. The van der Waals surface area contributed by atoms with Crippen molar-refractivity contribution in [3.8, 4) is 11.8 Å². The Labute approximate surface area is 201 Å². The van der Waals surface area contributed by atoms with Gasteiger partial charge >= 0.3 is 5.97 Å². The van der Waals surface area contributed by atoms with Crippen molar-refractivity contribution in [1.82, 2.24) is 9.97 Å². The molecule has 0 bridgehead atoms. The molecule has 0 saturated carbocycles. The molecule has 35 heavy (non-hydrogen) atoms. The summed E-state index contributed by atoms with van der Waals surface area (Å²) in [5, 5.41) is 21.1. The van der Waals surface area contributed by atoms with E-state index in [0.717, 1.165) is 38.5 Å². The minimum atomic E-state index is -0.968. The average Bonchev–Trinajstić information content (AvgIpc) is 3.29. The summed E-state index contributed by atoms with van der Waals surface area (Å²) in [6.07, 6.45) is 1.80. The number of nitrogens with one attached hydrogen (secondary N) is 1. The van der Waals surface area contributed by atoms with Gasteiger partial charge in [0.25, 0.3) is 0 Å². The minimum Gasteiger partial charge on any atom is -0.488 e. The Kier molecular flexibility index (Phi) is 5.74. The predicted octanol–water partition coefficient (Wildman–Crippen LogP) is 6.37. The number of benzene rings is 4. The van der Waals surface area contributed by atoms with Crippen molar-refractivity contribution in [2.24, 2.45) is 0 Å². The zero-order valence-electron chi connectivity index (χ0n) is 18.9. The smallest absolute Gasteiger partial charge is 0.335 e. The molecule has 0 fully saturated rings. The van der Waals surface area contributed by atoms with Crippen LogP contribution in [-0.2, 0) is 6.61 Å². The van der Waals surface area contributed by atoms with E-state index in [0.29, 0.717) is 17.1 Å². The number of aromatic amines is 1. The molecule has 4 aromatic carbocycles. The van der Waals surface area contributed by atoms with E-state index in [9.17, 15) is 10.1 Å². The molecule has 0 aliphatic heterocycles. The summed E-state index contributed by atoms with van der Waals surface area (Å²) in [5.74, 6) is 0.145. The maximum atomic E-state index is 11.1. The SMILES string of the molecule is Cc1ccc2nc(C(C#N)=Cc3c(OCc4ccc(C(=O)O)cc4)ccc4ccccc34)[nH]c2c1. The van der Waals surface area contributed by atoms with E-state index in [1.807, 2.05) is 61.5 Å². The quantitative estimate of drug-likeness (QED) is 0.288. The fourth-order valence-corrected chi connectivity index (χ4v) is 4.00. The van der Waals surface area contributed by atoms with Gasteiger partial charge in [-0.2, -0.15) is 5.26 Å². The predicted molar refractivity (Wildman–Crippen MR) is 136 cm³/mol. The van der Waals surface area contributed by atoms with Crippen LogP contribution in [0.1, 0.15) is 32.9 Å². The van der Waals surface area contributed by atoms with Gasteiger partial charge in [-0.1, -0.05) is 48.5 Å². The van der Waals surface area contributed by atoms with Crippen LogP contribution in [0.3, 0.4) is 0 Å². The van der Waals surface area contributed by atoms with Gasteiger partial charge in [-0.15, -0.1) is 0 Å². The van der Waals surface area contributed by atoms with Crippen molar-refractivity contribution < 1.29 is 14.6 Å². The Balaban J connectivity index is 1.55. The summed E-state index contributed by atoms with van der Waals surface area (Å²) >= 11 is 0. The second-order valence-corrected chi connectivity index (χ2v) is 8.27. The van der Waals surface area contributed by atoms with Gasteiger partial charge in [-0.05, 0) is 65.2 Å². The Bertz CT molecular complexity index is 1640. The van der Waals surface area contributed by atoms with Crippen LogP contribution in [0.25, 0.3) is 33.5 Å². The van der Waals surface area contributed by atoms with Crippen molar-refractivity contribution in [2.75, 3.05) is 0 Å². The van der Waals surface area contributed by atoms with Crippen LogP contribution in [0, 0.1) is 18.3 Å². The number of ether oxygens (including phenoxy) is 1. The third-order valence-corrected chi connectivity index (χ3v) is 5.83. The van der Waals surface area contributed by atoms with E-state index in [-0.39, 0.29) is 12.2 Å².